The van der Waals surface area contributed by atoms with Crippen molar-refractivity contribution in [1.82, 2.24) is 20.2 Å². The van der Waals surface area contributed by atoms with Crippen LogP contribution in [-0.4, -0.2) is 20.2 Å². The van der Waals surface area contributed by atoms with Gasteiger partial charge in [0.15, 0.2) is 0 Å². The van der Waals surface area contributed by atoms with E-state index in [2.05, 4.69) is 15.5 Å². The van der Waals surface area contributed by atoms with E-state index >= 15 is 0 Å². The van der Waals surface area contributed by atoms with Gasteiger partial charge in [0.2, 0.25) is 5.16 Å². The monoisotopic (exact) mass is 279 g/mol. The second-order valence-electron chi connectivity index (χ2n) is 4.72. The highest BCUT2D eigenvalue weighted by Crippen LogP contribution is 2.38. The van der Waals surface area contributed by atoms with Crippen molar-refractivity contribution in [3.63, 3.8) is 0 Å². The maximum absolute atomic E-state index is 14.0. The normalized spacial score (nSPS) is 16.6. The maximum atomic E-state index is 14.0. The minimum absolute atomic E-state index is 0.176. The van der Waals surface area contributed by atoms with Crippen LogP contribution in [0.25, 0.3) is 0 Å². The Balaban J connectivity index is 1.84. The van der Waals surface area contributed by atoms with E-state index in [9.17, 15) is 4.39 Å². The first-order valence-electron chi connectivity index (χ1n) is 6.16. The second kappa shape index (κ2) is 4.90. The predicted octanol–water partition coefficient (Wildman–Crippen LogP) is 2.32. The lowest BCUT2D eigenvalue weighted by atomic mass is 10.1. The molecular formula is C12H14FN5S. The second-order valence-corrected chi connectivity index (χ2v) is 5.73. The van der Waals surface area contributed by atoms with Gasteiger partial charge in [-0.25, -0.2) is 9.07 Å². The molecule has 0 bridgehead atoms. The van der Waals surface area contributed by atoms with Crippen molar-refractivity contribution in [2.24, 2.45) is 5.73 Å². The molecule has 1 atom stereocenters. The smallest absolute Gasteiger partial charge is 0.214 e. The zero-order valence-electron chi connectivity index (χ0n) is 10.5. The summed E-state index contributed by atoms with van der Waals surface area (Å²) in [7, 11) is 0. The average Bonchev–Trinajstić information content (AvgIpc) is 3.12. The summed E-state index contributed by atoms with van der Waals surface area (Å²) in [6.07, 6.45) is 2.18. The molecule has 3 rings (SSSR count). The van der Waals surface area contributed by atoms with Gasteiger partial charge in [0.05, 0.1) is 10.9 Å². The number of hydrogen-bond acceptors (Lipinski definition) is 5. The standard InChI is InChI=1S/C12H14FN5S/c1-7(14)8-2-5-11(10(13)6-8)19-12-15-16-17-18(12)9-3-4-9/h2,5-7,9H,3-4,14H2,1H3/t7-/m0/s1. The van der Waals surface area contributed by atoms with E-state index in [1.165, 1.54) is 17.8 Å². The SMILES string of the molecule is C[C@H](N)c1ccc(Sc2nnnn2C2CC2)c(F)c1. The third-order valence-electron chi connectivity index (χ3n) is 3.04. The first-order valence-corrected chi connectivity index (χ1v) is 6.97. The Morgan fingerprint density at radius 2 is 2.26 bits per heavy atom. The average molecular weight is 279 g/mol. The van der Waals surface area contributed by atoms with Crippen molar-refractivity contribution in [2.45, 2.75) is 41.9 Å². The fourth-order valence-corrected chi connectivity index (χ4v) is 2.63. The molecule has 5 nitrogen and oxygen atoms in total. The molecule has 1 heterocycles. The van der Waals surface area contributed by atoms with Gasteiger partial charge in [0.1, 0.15) is 5.82 Å². The lowest BCUT2D eigenvalue weighted by Crippen LogP contribution is -2.05. The molecule has 0 unspecified atom stereocenters. The van der Waals surface area contributed by atoms with E-state index in [4.69, 9.17) is 5.73 Å². The molecule has 1 aliphatic rings. The highest BCUT2D eigenvalue weighted by atomic mass is 32.2. The van der Waals surface area contributed by atoms with E-state index in [1.807, 2.05) is 13.0 Å². The molecule has 0 aliphatic heterocycles. The highest BCUT2D eigenvalue weighted by Gasteiger charge is 2.28. The first kappa shape index (κ1) is 12.6. The number of halogens is 1. The Bertz CT molecular complexity index is 594. The molecule has 19 heavy (non-hydrogen) atoms. The van der Waals surface area contributed by atoms with Gasteiger partial charge >= 0.3 is 0 Å². The van der Waals surface area contributed by atoms with Crippen molar-refractivity contribution in [2.75, 3.05) is 0 Å². The molecule has 0 spiro atoms. The predicted molar refractivity (Wildman–Crippen MR) is 69.2 cm³/mol. The van der Waals surface area contributed by atoms with Gasteiger partial charge in [-0.1, -0.05) is 6.07 Å². The van der Waals surface area contributed by atoms with Gasteiger partial charge in [-0.05, 0) is 59.7 Å². The van der Waals surface area contributed by atoms with Gasteiger partial charge in [0.25, 0.3) is 0 Å². The minimum Gasteiger partial charge on any atom is -0.324 e. The topological polar surface area (TPSA) is 69.6 Å². The van der Waals surface area contributed by atoms with Gasteiger partial charge in [-0.15, -0.1) is 5.10 Å². The molecule has 7 heteroatoms. The molecule has 1 aromatic carbocycles. The largest absolute Gasteiger partial charge is 0.324 e. The molecule has 0 radical (unpaired) electrons. The Kier molecular flexibility index (Phi) is 3.24. The van der Waals surface area contributed by atoms with Crippen LogP contribution < -0.4 is 5.73 Å². The minimum atomic E-state index is -0.287. The Morgan fingerprint density at radius 3 is 2.89 bits per heavy atom. The summed E-state index contributed by atoms with van der Waals surface area (Å²) in [6.45, 7) is 1.83. The number of tetrazole rings is 1. The lowest BCUT2D eigenvalue weighted by Gasteiger charge is -2.08. The summed E-state index contributed by atoms with van der Waals surface area (Å²) in [5, 5.41) is 12.2. The van der Waals surface area contributed by atoms with Gasteiger partial charge in [-0.2, -0.15) is 0 Å². The highest BCUT2D eigenvalue weighted by molar-refractivity contribution is 7.99. The van der Waals surface area contributed by atoms with Crippen molar-refractivity contribution in [3.05, 3.63) is 29.6 Å². The molecule has 2 aromatic rings. The quantitative estimate of drug-likeness (QED) is 0.930. The van der Waals surface area contributed by atoms with E-state index in [-0.39, 0.29) is 11.9 Å². The van der Waals surface area contributed by atoms with Crippen molar-refractivity contribution >= 4 is 11.8 Å². The summed E-state index contributed by atoms with van der Waals surface area (Å²) in [4.78, 5) is 0.515. The number of rotatable bonds is 4. The number of nitrogens with two attached hydrogens (primary N) is 1. The summed E-state index contributed by atoms with van der Waals surface area (Å²) in [6, 6.07) is 5.23. The fourth-order valence-electron chi connectivity index (χ4n) is 1.78. The molecule has 100 valence electrons. The van der Waals surface area contributed by atoms with Gasteiger partial charge < -0.3 is 5.73 Å². The summed E-state index contributed by atoms with van der Waals surface area (Å²) in [5.74, 6) is -0.287. The molecular weight excluding hydrogens is 265 g/mol. The van der Waals surface area contributed by atoms with E-state index < -0.39 is 0 Å². The van der Waals surface area contributed by atoms with Crippen molar-refractivity contribution in [3.8, 4) is 0 Å². The van der Waals surface area contributed by atoms with Crippen LogP contribution in [0.1, 0.15) is 37.4 Å². The van der Waals surface area contributed by atoms with E-state index in [0.717, 1.165) is 18.4 Å². The van der Waals surface area contributed by atoms with Crippen LogP contribution in [0.3, 0.4) is 0 Å². The van der Waals surface area contributed by atoms with Crippen LogP contribution in [0.15, 0.2) is 28.3 Å². The third-order valence-corrected chi connectivity index (χ3v) is 4.04. The van der Waals surface area contributed by atoms with Crippen LogP contribution in [0, 0.1) is 5.82 Å². The molecule has 0 saturated heterocycles. The number of nitrogens with zero attached hydrogens (tertiary/aromatic N) is 4. The van der Waals surface area contributed by atoms with E-state index in [1.54, 1.807) is 10.7 Å². The maximum Gasteiger partial charge on any atom is 0.214 e. The lowest BCUT2D eigenvalue weighted by molar-refractivity contribution is 0.563. The van der Waals surface area contributed by atoms with Crippen molar-refractivity contribution in [1.29, 1.82) is 0 Å². The molecule has 1 fully saturated rings. The number of aromatic nitrogens is 4. The number of benzene rings is 1. The fraction of sp³-hybridized carbons (Fsp3) is 0.417. The summed E-state index contributed by atoms with van der Waals surface area (Å²) >= 11 is 1.25. The molecule has 1 aliphatic carbocycles. The van der Waals surface area contributed by atoms with Gasteiger partial charge in [0, 0.05) is 6.04 Å². The van der Waals surface area contributed by atoms with Crippen LogP contribution in [0.5, 0.6) is 0 Å². The molecule has 2 N–H and O–H groups in total. The molecule has 1 aromatic heterocycles. The summed E-state index contributed by atoms with van der Waals surface area (Å²) in [5.41, 5.74) is 6.51. The van der Waals surface area contributed by atoms with E-state index in [0.29, 0.717) is 16.1 Å². The molecule has 1 saturated carbocycles. The zero-order chi connectivity index (χ0) is 13.4. The number of hydrogen-bond donors (Lipinski definition) is 1. The summed E-state index contributed by atoms with van der Waals surface area (Å²) < 4.78 is 15.8. The van der Waals surface area contributed by atoms with Gasteiger partial charge in [-0.3, -0.25) is 0 Å². The Morgan fingerprint density at radius 1 is 1.47 bits per heavy atom. The van der Waals surface area contributed by atoms with Crippen LogP contribution in [0.2, 0.25) is 0 Å². The first-order chi connectivity index (χ1) is 9.15. The van der Waals surface area contributed by atoms with Crippen LogP contribution >= 0.6 is 11.8 Å². The Labute approximate surface area is 114 Å². The van der Waals surface area contributed by atoms with Crippen LogP contribution in [0.4, 0.5) is 4.39 Å². The van der Waals surface area contributed by atoms with Crippen LogP contribution in [-0.2, 0) is 0 Å². The Hall–Kier alpha value is -1.47. The zero-order valence-corrected chi connectivity index (χ0v) is 11.3. The third kappa shape index (κ3) is 2.62. The molecule has 0 amide bonds. The van der Waals surface area contributed by atoms with Crippen molar-refractivity contribution < 1.29 is 4.39 Å².